The molecule has 1 aliphatic rings. The van der Waals surface area contributed by atoms with E-state index in [-0.39, 0.29) is 18.4 Å². The third-order valence-electron chi connectivity index (χ3n) is 6.86. The molecule has 0 spiro atoms. The lowest BCUT2D eigenvalue weighted by molar-refractivity contribution is -0.138. The van der Waals surface area contributed by atoms with Crippen LogP contribution in [-0.2, 0) is 22.6 Å². The van der Waals surface area contributed by atoms with Gasteiger partial charge in [-0.2, -0.15) is 31.6 Å². The largest absolute Gasteiger partial charge is 0.417 e. The van der Waals surface area contributed by atoms with Gasteiger partial charge in [0.05, 0.1) is 22.8 Å². The molecule has 41 heavy (non-hydrogen) atoms. The number of benzene rings is 3. The number of nitrogens with one attached hydrogen (secondary N) is 1. The molecule has 11 heteroatoms. The first-order chi connectivity index (χ1) is 19.1. The Labute approximate surface area is 230 Å². The molecule has 2 N–H and O–H groups in total. The summed E-state index contributed by atoms with van der Waals surface area (Å²) in [6, 6.07) is 12.3. The van der Waals surface area contributed by atoms with Gasteiger partial charge in [-0.05, 0) is 73.9 Å². The standard InChI is InChI=1S/C30H21F7N2O2/c1-18-2-4-19(5-3-18)10-11-28(41,26(40)39-22-8-6-20(16-38)23(15-22)30(35,36)37)17-27(12-13-27)24-14-21(29(32,33)34)7-9-25(24)31/h2-9,14-15,41H,12-13,17H2,1H3,(H,39,40). The van der Waals surface area contributed by atoms with Crippen molar-refractivity contribution in [3.05, 3.63) is 99.9 Å². The van der Waals surface area contributed by atoms with Crippen molar-refractivity contribution >= 4 is 11.6 Å². The summed E-state index contributed by atoms with van der Waals surface area (Å²) >= 11 is 0. The molecule has 4 nitrogen and oxygen atoms in total. The van der Waals surface area contributed by atoms with Crippen molar-refractivity contribution in [1.82, 2.24) is 0 Å². The van der Waals surface area contributed by atoms with E-state index >= 15 is 0 Å². The van der Waals surface area contributed by atoms with Crippen molar-refractivity contribution in [2.75, 3.05) is 5.32 Å². The summed E-state index contributed by atoms with van der Waals surface area (Å²) in [4.78, 5) is 13.4. The van der Waals surface area contributed by atoms with Gasteiger partial charge in [-0.1, -0.05) is 29.5 Å². The second-order valence-corrected chi connectivity index (χ2v) is 9.95. The van der Waals surface area contributed by atoms with E-state index in [4.69, 9.17) is 5.26 Å². The van der Waals surface area contributed by atoms with E-state index in [0.29, 0.717) is 29.8 Å². The fourth-order valence-electron chi connectivity index (χ4n) is 4.47. The predicted molar refractivity (Wildman–Crippen MR) is 135 cm³/mol. The molecule has 1 fully saturated rings. The molecule has 3 aromatic rings. The van der Waals surface area contributed by atoms with E-state index in [1.807, 2.05) is 6.92 Å². The fraction of sp³-hybridized carbons (Fsp3) is 0.267. The van der Waals surface area contributed by atoms with Crippen molar-refractivity contribution < 1.29 is 40.6 Å². The Morgan fingerprint density at radius 2 is 1.63 bits per heavy atom. The number of hydrogen-bond donors (Lipinski definition) is 2. The Morgan fingerprint density at radius 3 is 2.20 bits per heavy atom. The highest BCUT2D eigenvalue weighted by Crippen LogP contribution is 2.55. The van der Waals surface area contributed by atoms with Crippen LogP contribution in [-0.4, -0.2) is 16.6 Å². The number of nitriles is 1. The molecule has 0 bridgehead atoms. The van der Waals surface area contributed by atoms with E-state index in [2.05, 4.69) is 17.2 Å². The van der Waals surface area contributed by atoms with E-state index in [1.54, 1.807) is 24.3 Å². The average Bonchev–Trinajstić information content (AvgIpc) is 3.67. The fourth-order valence-corrected chi connectivity index (χ4v) is 4.47. The average molecular weight is 574 g/mol. The highest BCUT2D eigenvalue weighted by atomic mass is 19.4. The summed E-state index contributed by atoms with van der Waals surface area (Å²) < 4.78 is 95.2. The molecule has 0 radical (unpaired) electrons. The molecule has 1 atom stereocenters. The molecule has 1 unspecified atom stereocenters. The highest BCUT2D eigenvalue weighted by molar-refractivity contribution is 6.00. The number of carbonyl (C=O) groups excluding carboxylic acids is 1. The smallest absolute Gasteiger partial charge is 0.369 e. The summed E-state index contributed by atoms with van der Waals surface area (Å²) in [5.74, 6) is 2.82. The molecule has 4 rings (SSSR count). The molecular formula is C30H21F7N2O2. The van der Waals surface area contributed by atoms with Gasteiger partial charge in [-0.25, -0.2) is 4.39 Å². The number of aliphatic hydroxyl groups is 1. The van der Waals surface area contributed by atoms with Crippen molar-refractivity contribution in [2.24, 2.45) is 0 Å². The Hall–Kier alpha value is -4.35. The third kappa shape index (κ3) is 6.53. The Morgan fingerprint density at radius 1 is 0.976 bits per heavy atom. The minimum absolute atomic E-state index is 0.127. The number of anilines is 1. The second-order valence-electron chi connectivity index (χ2n) is 9.95. The van der Waals surface area contributed by atoms with Crippen molar-refractivity contribution in [2.45, 2.75) is 49.6 Å². The summed E-state index contributed by atoms with van der Waals surface area (Å²) in [7, 11) is 0. The van der Waals surface area contributed by atoms with Crippen molar-refractivity contribution in [3.63, 3.8) is 0 Å². The van der Waals surface area contributed by atoms with Gasteiger partial charge in [0, 0.05) is 23.1 Å². The first-order valence-corrected chi connectivity index (χ1v) is 12.2. The van der Waals surface area contributed by atoms with Crippen LogP contribution < -0.4 is 5.32 Å². The first kappa shape index (κ1) is 29.6. The lowest BCUT2D eigenvalue weighted by Gasteiger charge is -2.28. The van der Waals surface area contributed by atoms with Gasteiger partial charge in [-0.15, -0.1) is 0 Å². The molecule has 0 saturated heterocycles. The van der Waals surface area contributed by atoms with Crippen LogP contribution in [0.2, 0.25) is 0 Å². The van der Waals surface area contributed by atoms with E-state index in [1.165, 1.54) is 6.07 Å². The zero-order valence-electron chi connectivity index (χ0n) is 21.3. The van der Waals surface area contributed by atoms with Gasteiger partial charge < -0.3 is 10.4 Å². The number of amides is 1. The summed E-state index contributed by atoms with van der Waals surface area (Å²) in [6.45, 7) is 1.81. The van der Waals surface area contributed by atoms with Gasteiger partial charge >= 0.3 is 12.4 Å². The quantitative estimate of drug-likeness (QED) is 0.258. The van der Waals surface area contributed by atoms with E-state index in [0.717, 1.165) is 17.7 Å². The minimum atomic E-state index is -4.92. The van der Waals surface area contributed by atoms with Crippen LogP contribution in [0.4, 0.5) is 36.4 Å². The molecule has 1 aliphatic carbocycles. The topological polar surface area (TPSA) is 73.1 Å². The van der Waals surface area contributed by atoms with Gasteiger partial charge in [-0.3, -0.25) is 4.79 Å². The number of nitrogens with zero attached hydrogens (tertiary/aromatic N) is 1. The van der Waals surface area contributed by atoms with Crippen molar-refractivity contribution in [1.29, 1.82) is 5.26 Å². The van der Waals surface area contributed by atoms with Gasteiger partial charge in [0.15, 0.2) is 0 Å². The zero-order valence-corrected chi connectivity index (χ0v) is 21.3. The summed E-state index contributed by atoms with van der Waals surface area (Å²) in [6.07, 6.45) is -10.1. The van der Waals surface area contributed by atoms with Gasteiger partial charge in [0.2, 0.25) is 5.60 Å². The van der Waals surface area contributed by atoms with Crippen molar-refractivity contribution in [3.8, 4) is 17.9 Å². The maximum atomic E-state index is 14.8. The maximum Gasteiger partial charge on any atom is 0.417 e. The van der Waals surface area contributed by atoms with Crippen LogP contribution in [0, 0.1) is 35.9 Å². The number of carbonyl (C=O) groups is 1. The molecule has 1 saturated carbocycles. The first-order valence-electron chi connectivity index (χ1n) is 12.2. The van der Waals surface area contributed by atoms with Gasteiger partial charge in [0.1, 0.15) is 5.82 Å². The van der Waals surface area contributed by atoms with Crippen LogP contribution in [0.5, 0.6) is 0 Å². The van der Waals surface area contributed by atoms with Gasteiger partial charge in [0.25, 0.3) is 5.91 Å². The van der Waals surface area contributed by atoms with Crippen LogP contribution in [0.3, 0.4) is 0 Å². The zero-order chi connectivity index (χ0) is 30.2. The molecule has 3 aromatic carbocycles. The minimum Gasteiger partial charge on any atom is -0.369 e. The highest BCUT2D eigenvalue weighted by Gasteiger charge is 2.54. The monoisotopic (exact) mass is 574 g/mol. The molecule has 0 heterocycles. The van der Waals surface area contributed by atoms with Crippen LogP contribution >= 0.6 is 0 Å². The Kier molecular flexibility index (Phi) is 7.63. The van der Waals surface area contributed by atoms with Crippen LogP contribution in [0.1, 0.15) is 52.6 Å². The van der Waals surface area contributed by atoms with E-state index in [9.17, 15) is 40.6 Å². The second kappa shape index (κ2) is 10.6. The predicted octanol–water partition coefficient (Wildman–Crippen LogP) is 6.89. The lowest BCUT2D eigenvalue weighted by Crippen LogP contribution is -2.44. The maximum absolute atomic E-state index is 14.8. The number of rotatable bonds is 5. The number of aryl methyl sites for hydroxylation is 1. The third-order valence-corrected chi connectivity index (χ3v) is 6.86. The molecule has 0 aliphatic heterocycles. The molecule has 1 amide bonds. The summed E-state index contributed by atoms with van der Waals surface area (Å²) in [5, 5.41) is 22.7. The summed E-state index contributed by atoms with van der Waals surface area (Å²) in [5.41, 5.74) is -6.68. The SMILES string of the molecule is Cc1ccc(C#CC(O)(CC2(c3cc(C(F)(F)F)ccc3F)CC2)C(=O)Nc2ccc(C#N)c(C(F)(F)F)c2)cc1. The Balaban J connectivity index is 1.75. The number of halogens is 7. The lowest BCUT2D eigenvalue weighted by atomic mass is 9.81. The van der Waals surface area contributed by atoms with E-state index < -0.39 is 63.9 Å². The number of alkyl halides is 6. The Bertz CT molecular complexity index is 1590. The number of hydrogen-bond acceptors (Lipinski definition) is 3. The molecular weight excluding hydrogens is 553 g/mol. The normalized spacial score (nSPS) is 15.6. The molecule has 0 aromatic heterocycles. The van der Waals surface area contributed by atoms with Crippen LogP contribution in [0.15, 0.2) is 60.7 Å². The van der Waals surface area contributed by atoms with Crippen LogP contribution in [0.25, 0.3) is 0 Å². The molecule has 212 valence electrons.